The molecule has 3 rings (SSSR count). The second kappa shape index (κ2) is 6.11. The summed E-state index contributed by atoms with van der Waals surface area (Å²) >= 11 is 0. The highest BCUT2D eigenvalue weighted by atomic mass is 16.1. The normalized spacial score (nSPS) is 12.1. The number of aromatic nitrogens is 3. The average Bonchev–Trinajstić information content (AvgIpc) is 2.55. The third kappa shape index (κ3) is 2.83. The zero-order chi connectivity index (χ0) is 17.3. The maximum atomic E-state index is 11.6. The van der Waals surface area contributed by atoms with Gasteiger partial charge >= 0.3 is 0 Å². The van der Waals surface area contributed by atoms with Gasteiger partial charge in [0.15, 0.2) is 0 Å². The monoisotopic (exact) mass is 322 g/mol. The third-order valence-corrected chi connectivity index (χ3v) is 3.85. The molecule has 24 heavy (non-hydrogen) atoms. The van der Waals surface area contributed by atoms with E-state index in [2.05, 4.69) is 20.3 Å². The Morgan fingerprint density at radius 1 is 1.38 bits per heavy atom. The maximum Gasteiger partial charge on any atom is 0.248 e. The molecule has 3 aromatic rings. The molecule has 122 valence electrons. The van der Waals surface area contributed by atoms with Crippen molar-refractivity contribution in [3.63, 3.8) is 0 Å². The number of aryl methyl sites for hydroxylation is 1. The number of benzene rings is 1. The molecule has 2 heterocycles. The number of nitrogens with one attached hydrogen (secondary N) is 3. The number of H-pyrrole nitrogens is 1. The number of pyridine rings is 1. The van der Waals surface area contributed by atoms with Crippen molar-refractivity contribution in [3.05, 3.63) is 57.8 Å². The van der Waals surface area contributed by atoms with Crippen molar-refractivity contribution in [2.24, 2.45) is 0 Å². The van der Waals surface area contributed by atoms with Crippen LogP contribution in [0.1, 0.15) is 29.9 Å². The first-order chi connectivity index (χ1) is 11.5. The smallest absolute Gasteiger partial charge is 0.248 e. The predicted molar refractivity (Wildman–Crippen MR) is 95.7 cm³/mol. The second-order valence-electron chi connectivity index (χ2n) is 5.58. The lowest BCUT2D eigenvalue weighted by atomic mass is 10.0. The molecule has 7 heteroatoms. The van der Waals surface area contributed by atoms with Gasteiger partial charge in [0.25, 0.3) is 0 Å². The molecule has 0 saturated heterocycles. The Morgan fingerprint density at radius 3 is 2.92 bits per heavy atom. The van der Waals surface area contributed by atoms with E-state index in [1.165, 1.54) is 12.3 Å². The van der Waals surface area contributed by atoms with Crippen LogP contribution < -0.4 is 16.6 Å². The van der Waals surface area contributed by atoms with Gasteiger partial charge in [-0.3, -0.25) is 4.79 Å². The van der Waals surface area contributed by atoms with E-state index in [4.69, 9.17) is 11.1 Å². The number of nitrogens with zero attached hydrogens (tertiary/aromatic N) is 2. The van der Waals surface area contributed by atoms with E-state index >= 15 is 0 Å². The first kappa shape index (κ1) is 15.7. The minimum absolute atomic E-state index is 0.151. The quantitative estimate of drug-likeness (QED) is 0.434. The van der Waals surface area contributed by atoms with Crippen molar-refractivity contribution in [3.8, 4) is 0 Å². The number of hydrogen-bond donors (Lipinski definition) is 4. The molecular formula is C17H18N6O. The minimum atomic E-state index is -0.213. The van der Waals surface area contributed by atoms with Crippen LogP contribution in [0.15, 0.2) is 35.3 Å². The molecule has 1 atom stereocenters. The minimum Gasteiger partial charge on any atom is -0.398 e. The van der Waals surface area contributed by atoms with Gasteiger partial charge in [0.1, 0.15) is 11.6 Å². The standard InChI is InChI=1S/C17H18N6O/c1-9(11-4-3-5-14(19)13(11)7-18)21-17-12-6-16(24)20-8-15(12)22-10(2)23-17/h3-9,18H,19H2,1-2H3,(H,20,24)(H,21,22,23). The van der Waals surface area contributed by atoms with E-state index in [1.54, 1.807) is 19.2 Å². The number of aromatic amines is 1. The molecule has 0 aliphatic heterocycles. The number of rotatable bonds is 4. The number of fused-ring (bicyclic) bond motifs is 1. The fourth-order valence-electron chi connectivity index (χ4n) is 2.71. The van der Waals surface area contributed by atoms with Crippen LogP contribution in [-0.2, 0) is 0 Å². The molecule has 0 spiro atoms. The van der Waals surface area contributed by atoms with Crippen LogP contribution in [0, 0.1) is 12.3 Å². The lowest BCUT2D eigenvalue weighted by Gasteiger charge is -2.19. The van der Waals surface area contributed by atoms with Gasteiger partial charge in [0.05, 0.1) is 11.6 Å². The van der Waals surface area contributed by atoms with Gasteiger partial charge in [-0.2, -0.15) is 0 Å². The molecule has 5 N–H and O–H groups in total. The van der Waals surface area contributed by atoms with Crippen LogP contribution in [-0.4, -0.2) is 21.2 Å². The Bertz CT molecular complexity index is 978. The third-order valence-electron chi connectivity index (χ3n) is 3.85. The molecule has 2 aromatic heterocycles. The first-order valence-electron chi connectivity index (χ1n) is 7.52. The lowest BCUT2D eigenvalue weighted by Crippen LogP contribution is -2.13. The molecule has 0 fully saturated rings. The molecule has 0 saturated carbocycles. The molecule has 1 unspecified atom stereocenters. The summed E-state index contributed by atoms with van der Waals surface area (Å²) in [5.41, 5.74) is 8.51. The highest BCUT2D eigenvalue weighted by molar-refractivity contribution is 5.89. The molecule has 0 radical (unpaired) electrons. The summed E-state index contributed by atoms with van der Waals surface area (Å²) < 4.78 is 0. The Labute approximate surface area is 138 Å². The summed E-state index contributed by atoms with van der Waals surface area (Å²) in [7, 11) is 0. The van der Waals surface area contributed by atoms with Crippen molar-refractivity contribution < 1.29 is 0 Å². The van der Waals surface area contributed by atoms with Crippen molar-refractivity contribution >= 4 is 28.6 Å². The van der Waals surface area contributed by atoms with Crippen molar-refractivity contribution in [1.82, 2.24) is 15.0 Å². The molecule has 1 aromatic carbocycles. The molecular weight excluding hydrogens is 304 g/mol. The highest BCUT2D eigenvalue weighted by Crippen LogP contribution is 2.27. The summed E-state index contributed by atoms with van der Waals surface area (Å²) in [6, 6.07) is 6.85. The van der Waals surface area contributed by atoms with E-state index in [0.29, 0.717) is 33.8 Å². The first-order valence-corrected chi connectivity index (χ1v) is 7.52. The topological polar surface area (TPSA) is 121 Å². The molecule has 0 aliphatic carbocycles. The fourth-order valence-corrected chi connectivity index (χ4v) is 2.71. The average molecular weight is 322 g/mol. The molecule has 0 aliphatic rings. The summed E-state index contributed by atoms with van der Waals surface area (Å²) in [4.78, 5) is 23.0. The van der Waals surface area contributed by atoms with Crippen molar-refractivity contribution in [1.29, 1.82) is 5.41 Å². The van der Waals surface area contributed by atoms with Crippen LogP contribution in [0.2, 0.25) is 0 Å². The van der Waals surface area contributed by atoms with E-state index in [-0.39, 0.29) is 11.6 Å². The van der Waals surface area contributed by atoms with Crippen molar-refractivity contribution in [2.45, 2.75) is 19.9 Å². The summed E-state index contributed by atoms with van der Waals surface area (Å²) in [6.07, 6.45) is 2.82. The Balaban J connectivity index is 2.07. The maximum absolute atomic E-state index is 11.6. The van der Waals surface area contributed by atoms with Gasteiger partial charge in [-0.05, 0) is 25.5 Å². The van der Waals surface area contributed by atoms with Crippen LogP contribution in [0.4, 0.5) is 11.5 Å². The Hall–Kier alpha value is -3.22. The van der Waals surface area contributed by atoms with Crippen LogP contribution in [0.3, 0.4) is 0 Å². The Kier molecular flexibility index (Phi) is 3.99. The summed E-state index contributed by atoms with van der Waals surface area (Å²) in [6.45, 7) is 3.75. The lowest BCUT2D eigenvalue weighted by molar-refractivity contribution is 0.870. The van der Waals surface area contributed by atoms with E-state index in [9.17, 15) is 4.79 Å². The molecule has 0 bridgehead atoms. The number of nitrogens with two attached hydrogens (primary N) is 1. The fraction of sp³-hybridized carbons (Fsp3) is 0.176. The Morgan fingerprint density at radius 2 is 2.17 bits per heavy atom. The second-order valence-corrected chi connectivity index (χ2v) is 5.58. The predicted octanol–water partition coefficient (Wildman–Crippen LogP) is 2.38. The van der Waals surface area contributed by atoms with Gasteiger partial charge in [0.2, 0.25) is 5.56 Å². The van der Waals surface area contributed by atoms with Gasteiger partial charge in [-0.1, -0.05) is 12.1 Å². The van der Waals surface area contributed by atoms with Gasteiger partial charge in [0, 0.05) is 35.1 Å². The largest absolute Gasteiger partial charge is 0.398 e. The van der Waals surface area contributed by atoms with Gasteiger partial charge < -0.3 is 21.4 Å². The SMILES string of the molecule is Cc1nc(NC(C)c2cccc(N)c2C=N)c2cc(=O)[nH]cc2n1. The van der Waals surface area contributed by atoms with Gasteiger partial charge in [-0.15, -0.1) is 0 Å². The van der Waals surface area contributed by atoms with Crippen LogP contribution in [0.25, 0.3) is 10.9 Å². The van der Waals surface area contributed by atoms with Crippen LogP contribution in [0.5, 0.6) is 0 Å². The van der Waals surface area contributed by atoms with E-state index in [1.807, 2.05) is 19.1 Å². The van der Waals surface area contributed by atoms with E-state index in [0.717, 1.165) is 5.56 Å². The summed E-state index contributed by atoms with van der Waals surface area (Å²) in [5.74, 6) is 1.18. The number of nitrogen functional groups attached to an aromatic ring is 1. The zero-order valence-corrected chi connectivity index (χ0v) is 13.4. The van der Waals surface area contributed by atoms with Gasteiger partial charge in [-0.25, -0.2) is 9.97 Å². The van der Waals surface area contributed by atoms with Crippen molar-refractivity contribution in [2.75, 3.05) is 11.1 Å². The molecule has 7 nitrogen and oxygen atoms in total. The number of hydrogen-bond acceptors (Lipinski definition) is 6. The van der Waals surface area contributed by atoms with E-state index < -0.39 is 0 Å². The molecule has 0 amide bonds. The highest BCUT2D eigenvalue weighted by Gasteiger charge is 2.14. The summed E-state index contributed by atoms with van der Waals surface area (Å²) in [5, 5.41) is 11.5. The number of anilines is 2. The van der Waals surface area contributed by atoms with Crippen LogP contribution >= 0.6 is 0 Å². The zero-order valence-electron chi connectivity index (χ0n) is 13.4.